The Balaban J connectivity index is 3.23. The van der Waals surface area contributed by atoms with E-state index in [1.165, 1.54) is 0 Å². The van der Waals surface area contributed by atoms with Crippen molar-refractivity contribution in [3.8, 4) is 5.75 Å². The van der Waals surface area contributed by atoms with Crippen LogP contribution in [0.5, 0.6) is 5.75 Å². The van der Waals surface area contributed by atoms with E-state index >= 15 is 0 Å². The van der Waals surface area contributed by atoms with Crippen LogP contribution in [0.4, 0.5) is 5.69 Å². The average Bonchev–Trinajstić information content (AvgIpc) is 2.68. The van der Waals surface area contributed by atoms with Crippen LogP contribution in [-0.2, 0) is 42.9 Å². The largest absolute Gasteiger partial charge is 0.494 e. The lowest BCUT2D eigenvalue weighted by molar-refractivity contribution is -0.190. The quantitative estimate of drug-likeness (QED) is 0.385. The number of benzene rings is 1. The molecule has 0 saturated carbocycles. The molecule has 1 N–H and O–H groups in total. The molecular weight excluding hydrogens is 426 g/mol. The van der Waals surface area contributed by atoms with Crippen molar-refractivity contribution in [2.75, 3.05) is 18.5 Å². The first-order valence-corrected chi connectivity index (χ1v) is 9.72. The molecule has 0 radical (unpaired) electrons. The van der Waals surface area contributed by atoms with E-state index in [4.69, 9.17) is 23.7 Å². The van der Waals surface area contributed by atoms with Gasteiger partial charge in [0.1, 0.15) is 12.4 Å². The molecule has 32 heavy (non-hydrogen) atoms. The zero-order valence-electron chi connectivity index (χ0n) is 18.5. The SMILES string of the molecule is CCOc1ccc(NC(=O)[C@@H](OC(C)=O)[C@@H](OC(C)=O)[C@@H](COC(C)=O)OC(C)=O)cc1. The van der Waals surface area contributed by atoms with E-state index in [0.717, 1.165) is 27.7 Å². The van der Waals surface area contributed by atoms with Gasteiger partial charge in [0.2, 0.25) is 6.10 Å². The van der Waals surface area contributed by atoms with Crippen molar-refractivity contribution in [1.82, 2.24) is 0 Å². The predicted molar refractivity (Wildman–Crippen MR) is 110 cm³/mol. The van der Waals surface area contributed by atoms with Crippen LogP contribution in [0.25, 0.3) is 0 Å². The van der Waals surface area contributed by atoms with Gasteiger partial charge in [0, 0.05) is 33.4 Å². The highest BCUT2D eigenvalue weighted by atomic mass is 16.6. The molecule has 0 saturated heterocycles. The molecule has 176 valence electrons. The highest BCUT2D eigenvalue weighted by molar-refractivity contribution is 5.96. The van der Waals surface area contributed by atoms with Crippen molar-refractivity contribution < 1.29 is 47.7 Å². The van der Waals surface area contributed by atoms with E-state index in [1.54, 1.807) is 24.3 Å². The summed E-state index contributed by atoms with van der Waals surface area (Å²) in [6.07, 6.45) is -4.74. The van der Waals surface area contributed by atoms with Crippen LogP contribution in [0.1, 0.15) is 34.6 Å². The number of amides is 1. The van der Waals surface area contributed by atoms with Gasteiger partial charge in [0.15, 0.2) is 12.2 Å². The van der Waals surface area contributed by atoms with Crippen molar-refractivity contribution in [2.45, 2.75) is 52.9 Å². The van der Waals surface area contributed by atoms with Crippen LogP contribution in [-0.4, -0.2) is 61.3 Å². The lowest BCUT2D eigenvalue weighted by atomic mass is 10.1. The van der Waals surface area contributed by atoms with Crippen LogP contribution in [0.15, 0.2) is 24.3 Å². The minimum Gasteiger partial charge on any atom is -0.494 e. The van der Waals surface area contributed by atoms with Crippen molar-refractivity contribution in [3.63, 3.8) is 0 Å². The second-order valence-electron chi connectivity index (χ2n) is 6.50. The summed E-state index contributed by atoms with van der Waals surface area (Å²) in [5.74, 6) is -3.49. The average molecular weight is 453 g/mol. The molecule has 1 rings (SSSR count). The third-order valence-corrected chi connectivity index (χ3v) is 3.72. The van der Waals surface area contributed by atoms with Gasteiger partial charge < -0.3 is 29.0 Å². The van der Waals surface area contributed by atoms with E-state index in [0.29, 0.717) is 18.0 Å². The molecule has 0 aliphatic heterocycles. The van der Waals surface area contributed by atoms with Crippen LogP contribution in [0.2, 0.25) is 0 Å². The minimum atomic E-state index is -1.72. The number of carbonyl (C=O) groups is 5. The molecule has 3 atom stereocenters. The van der Waals surface area contributed by atoms with Gasteiger partial charge in [-0.05, 0) is 31.2 Å². The summed E-state index contributed by atoms with van der Waals surface area (Å²) < 4.78 is 25.5. The molecule has 0 bridgehead atoms. The van der Waals surface area contributed by atoms with Gasteiger partial charge in [0.05, 0.1) is 6.61 Å². The fourth-order valence-electron chi connectivity index (χ4n) is 2.60. The molecule has 1 aromatic rings. The Morgan fingerprint density at radius 2 is 1.38 bits per heavy atom. The molecule has 0 unspecified atom stereocenters. The van der Waals surface area contributed by atoms with Crippen molar-refractivity contribution in [1.29, 1.82) is 0 Å². The lowest BCUT2D eigenvalue weighted by Gasteiger charge is -2.30. The summed E-state index contributed by atoms with van der Waals surface area (Å²) in [7, 11) is 0. The summed E-state index contributed by atoms with van der Waals surface area (Å²) in [5.41, 5.74) is 0.334. The number of ether oxygens (including phenoxy) is 5. The summed E-state index contributed by atoms with van der Waals surface area (Å²) >= 11 is 0. The van der Waals surface area contributed by atoms with Crippen molar-refractivity contribution >= 4 is 35.5 Å². The lowest BCUT2D eigenvalue weighted by Crippen LogP contribution is -2.52. The van der Waals surface area contributed by atoms with Crippen molar-refractivity contribution in [2.24, 2.45) is 0 Å². The topological polar surface area (TPSA) is 144 Å². The number of nitrogens with one attached hydrogen (secondary N) is 1. The van der Waals surface area contributed by atoms with Gasteiger partial charge in [-0.25, -0.2) is 0 Å². The molecule has 1 aromatic carbocycles. The Morgan fingerprint density at radius 3 is 1.84 bits per heavy atom. The Hall–Kier alpha value is -3.63. The van der Waals surface area contributed by atoms with Crippen LogP contribution < -0.4 is 10.1 Å². The Morgan fingerprint density at radius 1 is 0.812 bits per heavy atom. The predicted octanol–water partition coefficient (Wildman–Crippen LogP) is 1.38. The van der Waals surface area contributed by atoms with Gasteiger partial charge in [-0.15, -0.1) is 0 Å². The molecule has 0 aliphatic carbocycles. The van der Waals surface area contributed by atoms with Gasteiger partial charge in [-0.2, -0.15) is 0 Å². The molecule has 11 heteroatoms. The molecule has 0 fully saturated rings. The fourth-order valence-corrected chi connectivity index (χ4v) is 2.60. The van der Waals surface area contributed by atoms with Crippen LogP contribution in [0, 0.1) is 0 Å². The normalized spacial score (nSPS) is 13.0. The molecule has 0 heterocycles. The molecule has 0 spiro atoms. The number of anilines is 1. The monoisotopic (exact) mass is 453 g/mol. The Kier molecular flexibility index (Phi) is 10.7. The summed E-state index contributed by atoms with van der Waals surface area (Å²) in [6, 6.07) is 6.34. The van der Waals surface area contributed by atoms with E-state index in [9.17, 15) is 24.0 Å². The first-order valence-electron chi connectivity index (χ1n) is 9.72. The van der Waals surface area contributed by atoms with Gasteiger partial charge in [-0.1, -0.05) is 0 Å². The summed E-state index contributed by atoms with van der Waals surface area (Å²) in [5, 5.41) is 2.53. The van der Waals surface area contributed by atoms with Gasteiger partial charge in [-0.3, -0.25) is 24.0 Å². The highest BCUT2D eigenvalue weighted by Gasteiger charge is 2.42. The third-order valence-electron chi connectivity index (χ3n) is 3.72. The van der Waals surface area contributed by atoms with Gasteiger partial charge >= 0.3 is 23.9 Å². The zero-order valence-corrected chi connectivity index (χ0v) is 18.5. The number of rotatable bonds is 11. The zero-order chi connectivity index (χ0) is 24.3. The maximum atomic E-state index is 13.0. The number of hydrogen-bond acceptors (Lipinski definition) is 10. The van der Waals surface area contributed by atoms with Crippen molar-refractivity contribution in [3.05, 3.63) is 24.3 Å². The number of hydrogen-bond donors (Lipinski definition) is 1. The second-order valence-corrected chi connectivity index (χ2v) is 6.50. The number of esters is 4. The molecule has 0 aliphatic rings. The molecular formula is C21H27NO10. The molecule has 1 amide bonds. The Labute approximate surface area is 185 Å². The summed E-state index contributed by atoms with van der Waals surface area (Å²) in [6.45, 7) is 6.04. The molecule has 11 nitrogen and oxygen atoms in total. The van der Waals surface area contributed by atoms with E-state index in [-0.39, 0.29) is 0 Å². The summed E-state index contributed by atoms with van der Waals surface area (Å²) in [4.78, 5) is 59.1. The van der Waals surface area contributed by atoms with E-state index < -0.39 is 54.7 Å². The first-order chi connectivity index (χ1) is 15.0. The first kappa shape index (κ1) is 26.4. The third kappa shape index (κ3) is 9.45. The number of carbonyl (C=O) groups excluding carboxylic acids is 5. The smallest absolute Gasteiger partial charge is 0.303 e. The maximum Gasteiger partial charge on any atom is 0.303 e. The van der Waals surface area contributed by atoms with Crippen LogP contribution in [0.3, 0.4) is 0 Å². The second kappa shape index (κ2) is 12.9. The maximum absolute atomic E-state index is 13.0. The minimum absolute atomic E-state index is 0.334. The fraction of sp³-hybridized carbons (Fsp3) is 0.476. The standard InChI is InChI=1S/C21H27NO10/c1-6-28-17-9-7-16(8-10-17)22-21(27)20(32-15(5)26)19(31-14(4)25)18(30-13(3)24)11-29-12(2)23/h7-10,18-20H,6,11H2,1-5H3,(H,22,27)/t18-,19+,20+/m1/s1. The van der Waals surface area contributed by atoms with Crippen LogP contribution >= 0.6 is 0 Å². The van der Waals surface area contributed by atoms with E-state index in [2.05, 4.69) is 5.32 Å². The van der Waals surface area contributed by atoms with Gasteiger partial charge in [0.25, 0.3) is 5.91 Å². The Bertz CT molecular complexity index is 820. The molecule has 0 aromatic heterocycles. The van der Waals surface area contributed by atoms with E-state index in [1.807, 2.05) is 6.92 Å². The highest BCUT2D eigenvalue weighted by Crippen LogP contribution is 2.19.